The number of nitrogens with one attached hydrogen (secondary N) is 1. The number of hydrogen-bond donors (Lipinski definition) is 1. The monoisotopic (exact) mass is 586 g/mol. The highest BCUT2D eigenvalue weighted by Crippen LogP contribution is 2.24. The summed E-state index contributed by atoms with van der Waals surface area (Å²) in [5, 5.41) is 4.00. The summed E-state index contributed by atoms with van der Waals surface area (Å²) in [5.74, 6) is 0.595. The number of nitrogens with zero attached hydrogens (tertiary/aromatic N) is 1. The maximum atomic E-state index is 12.7. The third-order valence-corrected chi connectivity index (χ3v) is 5.95. The first-order valence-electron chi connectivity index (χ1n) is 12.4. The molecule has 0 aliphatic carbocycles. The highest BCUT2D eigenvalue weighted by Gasteiger charge is 2.12. The minimum absolute atomic E-state index is 0.208. The number of hydrogen-bond acceptors (Lipinski definition) is 6. The van der Waals surface area contributed by atoms with Crippen LogP contribution in [0.15, 0.2) is 107 Å². The first-order chi connectivity index (χ1) is 19.0. The number of ether oxygens (including phenoxy) is 3. The normalized spacial score (nSPS) is 10.7. The van der Waals surface area contributed by atoms with Gasteiger partial charge in [0.15, 0.2) is 6.61 Å². The van der Waals surface area contributed by atoms with Gasteiger partial charge >= 0.3 is 5.97 Å². The number of halogens is 1. The molecule has 1 N–H and O–H groups in total. The molecule has 7 nitrogen and oxygen atoms in total. The van der Waals surface area contributed by atoms with Crippen molar-refractivity contribution in [3.05, 3.63) is 113 Å². The van der Waals surface area contributed by atoms with Crippen molar-refractivity contribution in [3.63, 3.8) is 0 Å². The Labute approximate surface area is 235 Å². The van der Waals surface area contributed by atoms with Gasteiger partial charge in [0.2, 0.25) is 0 Å². The van der Waals surface area contributed by atoms with Crippen molar-refractivity contribution in [1.82, 2.24) is 5.43 Å². The van der Waals surface area contributed by atoms with E-state index in [9.17, 15) is 9.59 Å². The molecule has 0 radical (unpaired) electrons. The van der Waals surface area contributed by atoms with Gasteiger partial charge in [0.1, 0.15) is 17.2 Å². The van der Waals surface area contributed by atoms with E-state index in [2.05, 4.69) is 26.5 Å². The molecular formula is C31H27BrN2O5. The highest BCUT2D eigenvalue weighted by atomic mass is 79.9. The van der Waals surface area contributed by atoms with Crippen LogP contribution in [0.1, 0.15) is 29.3 Å². The van der Waals surface area contributed by atoms with Crippen molar-refractivity contribution in [2.45, 2.75) is 13.3 Å². The van der Waals surface area contributed by atoms with Crippen LogP contribution in [0.25, 0.3) is 11.1 Å². The number of esters is 1. The Balaban J connectivity index is 1.31. The highest BCUT2D eigenvalue weighted by molar-refractivity contribution is 9.10. The molecule has 0 spiro atoms. The standard InChI is InChI=1S/C31H27BrN2O5/c1-2-18-37-27-15-10-24(11-16-27)31(36)39-29-17-12-26(32)19-25(29)20-33-34-30(35)21-38-28-13-8-23(9-14-28)22-6-4-3-5-7-22/h3-17,19-20H,2,18,21H2,1H3,(H,34,35). The van der Waals surface area contributed by atoms with Crippen molar-refractivity contribution in [1.29, 1.82) is 0 Å². The van der Waals surface area contributed by atoms with Crippen LogP contribution in [-0.4, -0.2) is 31.3 Å². The van der Waals surface area contributed by atoms with Crippen molar-refractivity contribution < 1.29 is 23.8 Å². The van der Waals surface area contributed by atoms with Gasteiger partial charge in [0, 0.05) is 10.0 Å². The van der Waals surface area contributed by atoms with Gasteiger partial charge in [0.05, 0.1) is 18.4 Å². The lowest BCUT2D eigenvalue weighted by molar-refractivity contribution is -0.123. The van der Waals surface area contributed by atoms with Crippen LogP contribution >= 0.6 is 15.9 Å². The van der Waals surface area contributed by atoms with Crippen molar-refractivity contribution in [2.75, 3.05) is 13.2 Å². The Hall–Kier alpha value is -4.43. The van der Waals surface area contributed by atoms with Crippen molar-refractivity contribution in [3.8, 4) is 28.4 Å². The van der Waals surface area contributed by atoms with Gasteiger partial charge < -0.3 is 14.2 Å². The van der Waals surface area contributed by atoms with Crippen LogP contribution in [0.3, 0.4) is 0 Å². The van der Waals surface area contributed by atoms with E-state index in [4.69, 9.17) is 14.2 Å². The van der Waals surface area contributed by atoms with Crippen LogP contribution in [0.4, 0.5) is 0 Å². The summed E-state index contributed by atoms with van der Waals surface area (Å²) in [6.45, 7) is 2.42. The molecule has 0 aliphatic rings. The van der Waals surface area contributed by atoms with E-state index in [1.54, 1.807) is 42.5 Å². The van der Waals surface area contributed by atoms with Crippen LogP contribution in [0, 0.1) is 0 Å². The fourth-order valence-corrected chi connectivity index (χ4v) is 3.89. The van der Waals surface area contributed by atoms with E-state index in [-0.39, 0.29) is 6.61 Å². The van der Waals surface area contributed by atoms with E-state index in [0.717, 1.165) is 22.0 Å². The quantitative estimate of drug-likeness (QED) is 0.0919. The second kappa shape index (κ2) is 13.9. The molecular weight excluding hydrogens is 560 g/mol. The molecule has 4 rings (SSSR count). The summed E-state index contributed by atoms with van der Waals surface area (Å²) < 4.78 is 17.5. The maximum absolute atomic E-state index is 12.7. The Bertz CT molecular complexity index is 1420. The van der Waals surface area contributed by atoms with Crippen LogP contribution in [0.5, 0.6) is 17.2 Å². The second-order valence-electron chi connectivity index (χ2n) is 8.42. The lowest BCUT2D eigenvalue weighted by atomic mass is 10.1. The molecule has 198 valence electrons. The molecule has 39 heavy (non-hydrogen) atoms. The third-order valence-electron chi connectivity index (χ3n) is 5.46. The molecule has 1 amide bonds. The number of rotatable bonds is 11. The van der Waals surface area contributed by atoms with E-state index in [1.165, 1.54) is 6.21 Å². The third kappa shape index (κ3) is 8.28. The Kier molecular flexibility index (Phi) is 9.85. The number of carbonyl (C=O) groups is 2. The van der Waals surface area contributed by atoms with Gasteiger partial charge in [-0.2, -0.15) is 5.10 Å². The lowest BCUT2D eigenvalue weighted by Crippen LogP contribution is -2.24. The first-order valence-corrected chi connectivity index (χ1v) is 13.2. The predicted molar refractivity (Wildman–Crippen MR) is 154 cm³/mol. The van der Waals surface area contributed by atoms with Gasteiger partial charge in [-0.05, 0) is 72.1 Å². The average Bonchev–Trinajstić information content (AvgIpc) is 2.97. The Morgan fingerprint density at radius 3 is 2.23 bits per heavy atom. The molecule has 0 aromatic heterocycles. The van der Waals surface area contributed by atoms with Crippen molar-refractivity contribution in [2.24, 2.45) is 5.10 Å². The smallest absolute Gasteiger partial charge is 0.343 e. The van der Waals surface area contributed by atoms with Gasteiger partial charge in [-0.1, -0.05) is 65.3 Å². The SMILES string of the molecule is CCCOc1ccc(C(=O)Oc2ccc(Br)cc2C=NNC(=O)COc2ccc(-c3ccccc3)cc2)cc1. The van der Waals surface area contributed by atoms with E-state index < -0.39 is 11.9 Å². The summed E-state index contributed by atoms with van der Waals surface area (Å²) in [6.07, 6.45) is 2.30. The van der Waals surface area contributed by atoms with Crippen LogP contribution < -0.4 is 19.6 Å². The predicted octanol–water partition coefficient (Wildman–Crippen LogP) is 6.65. The average molecular weight is 587 g/mol. The Morgan fingerprint density at radius 2 is 1.51 bits per heavy atom. The molecule has 0 bridgehead atoms. The zero-order valence-electron chi connectivity index (χ0n) is 21.3. The summed E-state index contributed by atoms with van der Waals surface area (Å²) >= 11 is 3.40. The second-order valence-corrected chi connectivity index (χ2v) is 9.33. The molecule has 0 unspecified atom stereocenters. The molecule has 0 aliphatic heterocycles. The van der Waals surface area contributed by atoms with Crippen LogP contribution in [0.2, 0.25) is 0 Å². The molecule has 0 heterocycles. The summed E-state index contributed by atoms with van der Waals surface area (Å²) in [5.41, 5.74) is 5.47. The largest absolute Gasteiger partial charge is 0.494 e. The minimum atomic E-state index is -0.523. The van der Waals surface area contributed by atoms with Gasteiger partial charge in [-0.3, -0.25) is 4.79 Å². The fraction of sp³-hybridized carbons (Fsp3) is 0.129. The molecule has 4 aromatic carbocycles. The molecule has 4 aromatic rings. The number of amides is 1. The van der Waals surface area contributed by atoms with E-state index in [0.29, 0.717) is 35.0 Å². The van der Waals surface area contributed by atoms with Crippen molar-refractivity contribution >= 4 is 34.0 Å². The number of carbonyl (C=O) groups excluding carboxylic acids is 2. The molecule has 0 atom stereocenters. The van der Waals surface area contributed by atoms with E-state index in [1.807, 2.05) is 61.5 Å². The van der Waals surface area contributed by atoms with Crippen LogP contribution in [-0.2, 0) is 4.79 Å². The zero-order valence-corrected chi connectivity index (χ0v) is 22.9. The summed E-state index contributed by atoms with van der Waals surface area (Å²) in [7, 11) is 0. The van der Waals surface area contributed by atoms with Gasteiger partial charge in [0.25, 0.3) is 5.91 Å². The topological polar surface area (TPSA) is 86.2 Å². The molecule has 0 saturated carbocycles. The van der Waals surface area contributed by atoms with E-state index >= 15 is 0 Å². The number of hydrazone groups is 1. The maximum Gasteiger partial charge on any atom is 0.343 e. The molecule has 0 saturated heterocycles. The fourth-order valence-electron chi connectivity index (χ4n) is 3.51. The zero-order chi connectivity index (χ0) is 27.5. The van der Waals surface area contributed by atoms with Gasteiger partial charge in [-0.15, -0.1) is 0 Å². The lowest BCUT2D eigenvalue weighted by Gasteiger charge is -2.09. The Morgan fingerprint density at radius 1 is 0.846 bits per heavy atom. The number of benzene rings is 4. The minimum Gasteiger partial charge on any atom is -0.494 e. The summed E-state index contributed by atoms with van der Waals surface area (Å²) in [4.78, 5) is 24.9. The molecule has 8 heteroatoms. The molecule has 0 fully saturated rings. The first kappa shape index (κ1) is 27.6. The summed E-state index contributed by atoms with van der Waals surface area (Å²) in [6, 6.07) is 29.4. The van der Waals surface area contributed by atoms with Gasteiger partial charge in [-0.25, -0.2) is 10.2 Å².